The summed E-state index contributed by atoms with van der Waals surface area (Å²) in [6.45, 7) is 4.18. The van der Waals surface area contributed by atoms with E-state index < -0.39 is 23.5 Å². The highest BCUT2D eigenvalue weighted by molar-refractivity contribution is 5.36. The first kappa shape index (κ1) is 15.6. The predicted octanol–water partition coefficient (Wildman–Crippen LogP) is 4.50. The molecule has 0 saturated heterocycles. The summed E-state index contributed by atoms with van der Waals surface area (Å²) in [6, 6.07) is 8.22. The van der Waals surface area contributed by atoms with Gasteiger partial charge < -0.3 is 5.32 Å². The predicted molar refractivity (Wildman–Crippen MR) is 77.6 cm³/mol. The van der Waals surface area contributed by atoms with Gasteiger partial charge in [-0.05, 0) is 31.5 Å². The molecule has 112 valence electrons. The molecule has 0 bridgehead atoms. The highest BCUT2D eigenvalue weighted by Crippen LogP contribution is 2.28. The summed E-state index contributed by atoms with van der Waals surface area (Å²) >= 11 is 0. The third-order valence-electron chi connectivity index (χ3n) is 3.42. The van der Waals surface area contributed by atoms with Crippen molar-refractivity contribution in [3.8, 4) is 0 Å². The average Bonchev–Trinajstić information content (AvgIpc) is 2.47. The van der Waals surface area contributed by atoms with Crippen LogP contribution < -0.4 is 5.32 Å². The topological polar surface area (TPSA) is 12.0 Å². The third-order valence-corrected chi connectivity index (χ3v) is 3.42. The van der Waals surface area contributed by atoms with Crippen molar-refractivity contribution in [3.05, 3.63) is 70.5 Å². The number of nitrogens with one attached hydrogen (secondary N) is 1. The molecule has 0 aliphatic heterocycles. The molecule has 2 aromatic carbocycles. The molecule has 2 aromatic rings. The smallest absolute Gasteiger partial charge is 0.163 e. The van der Waals surface area contributed by atoms with Crippen LogP contribution in [0.1, 0.15) is 36.1 Å². The summed E-state index contributed by atoms with van der Waals surface area (Å²) in [5.74, 6) is -2.26. The van der Waals surface area contributed by atoms with Gasteiger partial charge in [0.15, 0.2) is 11.6 Å². The van der Waals surface area contributed by atoms with Crippen molar-refractivity contribution in [2.75, 3.05) is 6.54 Å². The second-order valence-corrected chi connectivity index (χ2v) is 5.01. The fourth-order valence-electron chi connectivity index (χ4n) is 2.31. The van der Waals surface area contributed by atoms with Crippen LogP contribution in [0, 0.1) is 24.4 Å². The van der Waals surface area contributed by atoms with Gasteiger partial charge in [-0.2, -0.15) is 0 Å². The molecule has 0 aliphatic carbocycles. The van der Waals surface area contributed by atoms with Crippen LogP contribution in [-0.4, -0.2) is 6.54 Å². The Morgan fingerprint density at radius 2 is 1.57 bits per heavy atom. The molecule has 0 saturated carbocycles. The highest BCUT2D eigenvalue weighted by atomic mass is 19.2. The van der Waals surface area contributed by atoms with E-state index in [1.807, 2.05) is 6.92 Å². The van der Waals surface area contributed by atoms with Gasteiger partial charge >= 0.3 is 0 Å². The second kappa shape index (κ2) is 6.76. The Bertz CT molecular complexity index is 574. The van der Waals surface area contributed by atoms with Crippen molar-refractivity contribution in [2.24, 2.45) is 0 Å². The first-order valence-electron chi connectivity index (χ1n) is 6.98. The second-order valence-electron chi connectivity index (χ2n) is 5.01. The minimum atomic E-state index is -0.938. The molecular weight excluding hydrogens is 275 g/mol. The number of benzene rings is 2. The quantitative estimate of drug-likeness (QED) is 0.855. The fraction of sp³-hybridized carbons (Fsp3) is 0.294. The summed E-state index contributed by atoms with van der Waals surface area (Å²) < 4.78 is 41.9. The molecule has 0 fully saturated rings. The molecule has 1 N–H and O–H groups in total. The Morgan fingerprint density at radius 3 is 2.24 bits per heavy atom. The van der Waals surface area contributed by atoms with E-state index in [0.717, 1.165) is 12.5 Å². The fourth-order valence-corrected chi connectivity index (χ4v) is 2.31. The van der Waals surface area contributed by atoms with Crippen LogP contribution in [0.5, 0.6) is 0 Å². The normalized spacial score (nSPS) is 12.4. The lowest BCUT2D eigenvalue weighted by Gasteiger charge is -2.21. The van der Waals surface area contributed by atoms with Gasteiger partial charge in [-0.25, -0.2) is 13.2 Å². The van der Waals surface area contributed by atoms with Crippen LogP contribution >= 0.6 is 0 Å². The van der Waals surface area contributed by atoms with Crippen molar-refractivity contribution < 1.29 is 13.2 Å². The molecule has 0 radical (unpaired) electrons. The molecule has 0 aromatic heterocycles. The summed E-state index contributed by atoms with van der Waals surface area (Å²) in [7, 11) is 0. The van der Waals surface area contributed by atoms with E-state index >= 15 is 0 Å². The Morgan fingerprint density at radius 1 is 0.952 bits per heavy atom. The molecule has 0 heterocycles. The molecule has 0 aliphatic rings. The largest absolute Gasteiger partial charge is 0.306 e. The van der Waals surface area contributed by atoms with E-state index in [2.05, 4.69) is 5.32 Å². The van der Waals surface area contributed by atoms with Crippen LogP contribution in [0.3, 0.4) is 0 Å². The van der Waals surface area contributed by atoms with Crippen molar-refractivity contribution in [2.45, 2.75) is 26.3 Å². The minimum absolute atomic E-state index is 0.118. The zero-order valence-corrected chi connectivity index (χ0v) is 12.1. The van der Waals surface area contributed by atoms with Crippen LogP contribution in [0.15, 0.2) is 36.4 Å². The standard InChI is InChI=1S/C17H18F3N/c1-3-10-21-17(12-7-4-6-11(2)15(12)19)13-8-5-9-14(18)16(13)20/h4-9,17,21H,3,10H2,1-2H3. The van der Waals surface area contributed by atoms with Gasteiger partial charge in [0.05, 0.1) is 6.04 Å². The summed E-state index contributed by atoms with van der Waals surface area (Å²) in [5.41, 5.74) is 0.925. The summed E-state index contributed by atoms with van der Waals surface area (Å²) in [5, 5.41) is 3.09. The zero-order valence-electron chi connectivity index (χ0n) is 12.1. The Labute approximate surface area is 122 Å². The Kier molecular flexibility index (Phi) is 5.02. The number of aryl methyl sites for hydroxylation is 1. The van der Waals surface area contributed by atoms with Gasteiger partial charge in [0.1, 0.15) is 5.82 Å². The minimum Gasteiger partial charge on any atom is -0.306 e. The van der Waals surface area contributed by atoms with E-state index in [0.29, 0.717) is 17.7 Å². The Balaban J connectivity index is 2.52. The average molecular weight is 293 g/mol. The molecule has 21 heavy (non-hydrogen) atoms. The van der Waals surface area contributed by atoms with E-state index in [1.54, 1.807) is 25.1 Å². The van der Waals surface area contributed by atoms with Crippen LogP contribution in [0.25, 0.3) is 0 Å². The van der Waals surface area contributed by atoms with Crippen LogP contribution in [0.2, 0.25) is 0 Å². The maximum Gasteiger partial charge on any atom is 0.163 e. The van der Waals surface area contributed by atoms with Crippen molar-refractivity contribution in [3.63, 3.8) is 0 Å². The molecule has 0 amide bonds. The molecular formula is C17H18F3N. The van der Waals surface area contributed by atoms with Crippen LogP contribution in [0.4, 0.5) is 13.2 Å². The Hall–Kier alpha value is -1.81. The molecule has 2 rings (SSSR count). The molecule has 1 atom stereocenters. The van der Waals surface area contributed by atoms with E-state index in [-0.39, 0.29) is 5.56 Å². The lowest BCUT2D eigenvalue weighted by Crippen LogP contribution is -2.25. The van der Waals surface area contributed by atoms with E-state index in [4.69, 9.17) is 0 Å². The molecule has 0 spiro atoms. The van der Waals surface area contributed by atoms with E-state index in [9.17, 15) is 13.2 Å². The molecule has 4 heteroatoms. The van der Waals surface area contributed by atoms with Gasteiger partial charge in [0, 0.05) is 11.1 Å². The highest BCUT2D eigenvalue weighted by Gasteiger charge is 2.22. The number of hydrogen-bond donors (Lipinski definition) is 1. The first-order chi connectivity index (χ1) is 10.1. The number of rotatable bonds is 5. The number of hydrogen-bond acceptors (Lipinski definition) is 1. The van der Waals surface area contributed by atoms with Gasteiger partial charge in [-0.1, -0.05) is 37.3 Å². The maximum absolute atomic E-state index is 14.3. The van der Waals surface area contributed by atoms with Gasteiger partial charge in [-0.3, -0.25) is 0 Å². The lowest BCUT2D eigenvalue weighted by atomic mass is 9.96. The lowest BCUT2D eigenvalue weighted by molar-refractivity contribution is 0.473. The van der Waals surface area contributed by atoms with Gasteiger partial charge in [0.25, 0.3) is 0 Å². The molecule has 1 unspecified atom stereocenters. The van der Waals surface area contributed by atoms with Crippen molar-refractivity contribution >= 4 is 0 Å². The van der Waals surface area contributed by atoms with Crippen LogP contribution in [-0.2, 0) is 0 Å². The van der Waals surface area contributed by atoms with Crippen molar-refractivity contribution in [1.29, 1.82) is 0 Å². The van der Waals surface area contributed by atoms with E-state index in [1.165, 1.54) is 12.1 Å². The summed E-state index contributed by atoms with van der Waals surface area (Å²) in [4.78, 5) is 0. The number of halogens is 3. The third kappa shape index (κ3) is 3.27. The monoisotopic (exact) mass is 293 g/mol. The SMILES string of the molecule is CCCNC(c1cccc(C)c1F)c1cccc(F)c1F. The zero-order chi connectivity index (χ0) is 15.4. The maximum atomic E-state index is 14.3. The van der Waals surface area contributed by atoms with Gasteiger partial charge in [0.2, 0.25) is 0 Å². The van der Waals surface area contributed by atoms with Crippen molar-refractivity contribution in [1.82, 2.24) is 5.32 Å². The van der Waals surface area contributed by atoms with Gasteiger partial charge in [-0.15, -0.1) is 0 Å². The summed E-state index contributed by atoms with van der Waals surface area (Å²) in [6.07, 6.45) is 0.806. The first-order valence-corrected chi connectivity index (χ1v) is 6.98. The molecule has 1 nitrogen and oxygen atoms in total.